The van der Waals surface area contributed by atoms with Crippen molar-refractivity contribution >= 4 is 54.0 Å². The molecule has 19 nitrogen and oxygen atoms in total. The van der Waals surface area contributed by atoms with E-state index in [1.807, 2.05) is 25.2 Å². The number of phosphoric acid groups is 1. The second kappa shape index (κ2) is 20.3. The van der Waals surface area contributed by atoms with E-state index in [0.29, 0.717) is 38.0 Å². The number of nitrogens with zero attached hydrogens (tertiary/aromatic N) is 6. The normalized spacial score (nSPS) is 22.1. The average Bonchev–Trinajstić information content (AvgIpc) is 3.86. The van der Waals surface area contributed by atoms with Gasteiger partial charge in [0.2, 0.25) is 23.2 Å². The molecule has 2 amide bonds. The molecule has 3 aromatic carbocycles. The van der Waals surface area contributed by atoms with E-state index in [0.717, 1.165) is 67.6 Å². The summed E-state index contributed by atoms with van der Waals surface area (Å²) < 4.78 is 31.9. The van der Waals surface area contributed by atoms with Gasteiger partial charge in [0.1, 0.15) is 31.4 Å². The highest BCUT2D eigenvalue weighted by Gasteiger charge is 2.53. The number of carbonyl (C=O) groups excluding carboxylic acids is 2. The van der Waals surface area contributed by atoms with Crippen LogP contribution in [0.5, 0.6) is 0 Å². The highest BCUT2D eigenvalue weighted by Crippen LogP contribution is 2.53. The Kier molecular flexibility index (Phi) is 14.3. The molecule has 1 aliphatic carbocycles. The number of unbranched alkanes of at least 4 members (excludes halogenated alkanes) is 3. The summed E-state index contributed by atoms with van der Waals surface area (Å²) in [6.45, 7) is 9.95. The minimum absolute atomic E-state index is 0.0342. The van der Waals surface area contributed by atoms with Gasteiger partial charge in [0.25, 0.3) is 11.5 Å². The number of nitrogen functional groups attached to an aromatic ring is 1. The Morgan fingerprint density at radius 2 is 1.79 bits per heavy atom. The number of fused-ring (bicyclic) bond motifs is 5. The Labute approximate surface area is 412 Å². The van der Waals surface area contributed by atoms with Crippen LogP contribution in [0.1, 0.15) is 110 Å². The molecule has 1 unspecified atom stereocenters. The summed E-state index contributed by atoms with van der Waals surface area (Å²) in [7, 11) is 1.57. The second-order valence-electron chi connectivity index (χ2n) is 19.7. The summed E-state index contributed by atoms with van der Waals surface area (Å²) >= 11 is 0. The summed E-state index contributed by atoms with van der Waals surface area (Å²) in [5.74, 6) is -0.132. The maximum Gasteiger partial charge on any atom is 0.472 e. The molecule has 5 atom stereocenters. The number of amides is 2. The number of nitrogens with one attached hydrogen (secondary N) is 3. The molecule has 5 aromatic rings. The molecule has 2 saturated heterocycles. The first-order valence-electron chi connectivity index (χ1n) is 24.7. The minimum Gasteiger partial charge on any atom is -0.386 e. The monoisotopic (exact) mass is 993 g/mol. The van der Waals surface area contributed by atoms with E-state index in [-0.39, 0.29) is 53.3 Å². The van der Waals surface area contributed by atoms with Crippen molar-refractivity contribution in [1.82, 2.24) is 34.3 Å². The molecule has 9 rings (SSSR count). The summed E-state index contributed by atoms with van der Waals surface area (Å²) in [5, 5.41) is 19.9. The zero-order valence-electron chi connectivity index (χ0n) is 41.4. The molecule has 0 spiro atoms. The number of carbonyl (C=O) groups is 2. The zero-order valence-corrected chi connectivity index (χ0v) is 42.3. The van der Waals surface area contributed by atoms with Crippen molar-refractivity contribution in [2.24, 2.45) is 0 Å². The molecule has 378 valence electrons. The van der Waals surface area contributed by atoms with Crippen molar-refractivity contribution in [2.75, 3.05) is 76.4 Å². The predicted octanol–water partition coefficient (Wildman–Crippen LogP) is 3.53. The summed E-state index contributed by atoms with van der Waals surface area (Å²) in [4.78, 5) is 64.9. The Balaban J connectivity index is 0.791. The number of hydrogen-bond donors (Lipinski definition) is 6. The number of H-pyrrole nitrogens is 1. The Morgan fingerprint density at radius 1 is 1.01 bits per heavy atom. The number of nitrogens with two attached hydrogens (primary N) is 1. The van der Waals surface area contributed by atoms with Crippen LogP contribution in [-0.4, -0.2) is 125 Å². The average molecular weight is 994 g/mol. The number of imidazole rings is 1. The van der Waals surface area contributed by atoms with Gasteiger partial charge < -0.3 is 40.9 Å². The molecule has 7 N–H and O–H groups in total. The van der Waals surface area contributed by atoms with Gasteiger partial charge in [0, 0.05) is 81.9 Å². The number of aromatic nitrogens is 4. The van der Waals surface area contributed by atoms with Crippen molar-refractivity contribution in [3.63, 3.8) is 0 Å². The summed E-state index contributed by atoms with van der Waals surface area (Å²) in [5.41, 5.74) is 13.7. The fourth-order valence-corrected chi connectivity index (χ4v) is 11.6. The first-order chi connectivity index (χ1) is 34.0. The number of aromatic amines is 1. The Morgan fingerprint density at radius 3 is 2.56 bits per heavy atom. The maximum atomic E-state index is 14.4. The van der Waals surface area contributed by atoms with Gasteiger partial charge >= 0.3 is 7.82 Å². The van der Waals surface area contributed by atoms with E-state index in [1.165, 1.54) is 31.8 Å². The fourth-order valence-electron chi connectivity index (χ4n) is 10.6. The van der Waals surface area contributed by atoms with Crippen LogP contribution in [0.25, 0.3) is 16.7 Å². The molecular weight excluding hydrogens is 928 g/mol. The van der Waals surface area contributed by atoms with Gasteiger partial charge in [0.15, 0.2) is 17.4 Å². The van der Waals surface area contributed by atoms with Crippen LogP contribution in [0.3, 0.4) is 0 Å². The second-order valence-corrected chi connectivity index (χ2v) is 21.1. The van der Waals surface area contributed by atoms with Crippen molar-refractivity contribution in [2.45, 2.75) is 102 Å². The Bertz CT molecular complexity index is 3120. The highest BCUT2D eigenvalue weighted by atomic mass is 31.2. The number of hydrogen-bond acceptors (Lipinski definition) is 13. The van der Waals surface area contributed by atoms with Gasteiger partial charge in [-0.15, -0.1) is 0 Å². The standard InChI is InChI=1S/C51H65N10O9P/c1-7-60-25-14-16-30-26-35-37(28-38(30)60)51(2,3)36-27-31(58(4)5)20-21-34(36)41(35)32-17-10-11-18-33(32)47(65)59(6)24-15-19-40(62)53-22-12-8-9-13-23-54-50-55-42-45(56-49(52)57-46(42)64)61(50)48-43(63)44-39(69-48)29-68-71(66,67)70-44/h10-11,17-18,20-21,26-28,39,43-44,48,63H,7-9,12-16,19,22-25,29H2,1-6H3,(H5,52,53,57,62,64,65,66,67)/p+1/t39-,43-,44-,48-/m1/s1. The number of rotatable bonds is 17. The van der Waals surface area contributed by atoms with Crippen LogP contribution in [0, 0.1) is 0 Å². The maximum absolute atomic E-state index is 14.4. The van der Waals surface area contributed by atoms with Gasteiger partial charge in [-0.25, -0.2) is 14.1 Å². The minimum atomic E-state index is -4.37. The Hall–Kier alpha value is -5.95. The number of benzene rings is 3. The third kappa shape index (κ3) is 9.87. The molecule has 2 aromatic heterocycles. The van der Waals surface area contributed by atoms with Crippen LogP contribution in [0.2, 0.25) is 0 Å². The fraction of sp³-hybridized carbons (Fsp3) is 0.490. The number of ether oxygens (including phenoxy) is 1. The molecule has 5 heterocycles. The van der Waals surface area contributed by atoms with Crippen molar-refractivity contribution in [3.05, 3.63) is 109 Å². The predicted molar refractivity (Wildman–Crippen MR) is 271 cm³/mol. The van der Waals surface area contributed by atoms with Crippen molar-refractivity contribution in [1.29, 1.82) is 0 Å². The first-order valence-corrected chi connectivity index (χ1v) is 26.2. The number of anilines is 3. The number of aryl methyl sites for hydroxylation is 1. The molecule has 3 aliphatic heterocycles. The third-order valence-electron chi connectivity index (χ3n) is 14.4. The molecule has 2 fully saturated rings. The molecule has 71 heavy (non-hydrogen) atoms. The van der Waals surface area contributed by atoms with Gasteiger partial charge in [-0.2, -0.15) is 4.98 Å². The van der Waals surface area contributed by atoms with E-state index in [2.05, 4.69) is 106 Å². The number of phosphoric ester groups is 1. The molecule has 0 bridgehead atoms. The van der Waals surface area contributed by atoms with Crippen molar-refractivity contribution in [3.8, 4) is 0 Å². The molecule has 4 aliphatic rings. The first kappa shape index (κ1) is 50.0. The summed E-state index contributed by atoms with van der Waals surface area (Å²) in [6, 6.07) is 19.5. The number of aliphatic hydroxyl groups excluding tert-OH is 1. The lowest BCUT2D eigenvalue weighted by molar-refractivity contribution is -0.121. The van der Waals surface area contributed by atoms with E-state index in [9.17, 15) is 28.9 Å². The van der Waals surface area contributed by atoms with Crippen LogP contribution >= 0.6 is 7.82 Å². The van der Waals surface area contributed by atoms with Crippen molar-refractivity contribution < 1.29 is 37.9 Å². The van der Waals surface area contributed by atoms with E-state index < -0.39 is 37.9 Å². The topological polar surface area (TPSA) is 242 Å². The third-order valence-corrected chi connectivity index (χ3v) is 15.4. The zero-order chi connectivity index (χ0) is 50.4. The van der Waals surface area contributed by atoms with Crippen LogP contribution < -0.4 is 42.0 Å². The van der Waals surface area contributed by atoms with E-state index in [1.54, 1.807) is 4.90 Å². The van der Waals surface area contributed by atoms with E-state index >= 15 is 0 Å². The SMILES string of the molecule is CC[N+]1=c2cc3c(cc2CCC1)=C(c1ccccc1C(=O)N(C)CCCC(=O)NCCCCCCNc1nc2c(=O)[nH]c(N)nc2n1[C@@H]1O[C@@H]2COP(=O)(O)O[C@H]2[C@H]1O)c1ccc(N(C)C)cc1C3(C)C. The highest BCUT2D eigenvalue weighted by molar-refractivity contribution is 7.47. The molecule has 0 radical (unpaired) electrons. The quantitative estimate of drug-likeness (QED) is 0.0444. The van der Waals surface area contributed by atoms with Gasteiger partial charge in [0.05, 0.1) is 6.61 Å². The lowest BCUT2D eigenvalue weighted by atomic mass is 9.68. The van der Waals surface area contributed by atoms with Crippen LogP contribution in [0.15, 0.2) is 59.4 Å². The van der Waals surface area contributed by atoms with Crippen LogP contribution in [-0.2, 0) is 35.0 Å². The van der Waals surface area contributed by atoms with Crippen LogP contribution in [0.4, 0.5) is 17.6 Å². The lowest BCUT2D eigenvalue weighted by Gasteiger charge is -2.36. The van der Waals surface area contributed by atoms with Gasteiger partial charge in [-0.1, -0.05) is 51.0 Å². The smallest absolute Gasteiger partial charge is 0.386 e. The molecule has 20 heteroatoms. The summed E-state index contributed by atoms with van der Waals surface area (Å²) in [6.07, 6.45) is 1.43. The molecular formula is C51H66N10O9P+. The molecule has 0 saturated carbocycles. The van der Waals surface area contributed by atoms with Gasteiger partial charge in [-0.05, 0) is 89.9 Å². The van der Waals surface area contributed by atoms with E-state index in [4.69, 9.17) is 19.5 Å². The lowest BCUT2D eigenvalue weighted by Crippen LogP contribution is -2.43. The largest absolute Gasteiger partial charge is 0.472 e. The van der Waals surface area contributed by atoms with Gasteiger partial charge in [-0.3, -0.25) is 33.0 Å². The number of aliphatic hydroxyl groups is 1.